The Kier molecular flexibility index (Phi) is 5.92. The van der Waals surface area contributed by atoms with E-state index in [1.807, 2.05) is 30.3 Å². The SMILES string of the molecule is COc1ccccc1C1=C(Cl)C=CC(NC(=O)c2ccc(N)c(C#N)c2)(OC)C1. The molecule has 3 N–H and O–H groups in total. The smallest absolute Gasteiger partial charge is 0.253 e. The van der Waals surface area contributed by atoms with Crippen molar-refractivity contribution in [3.8, 4) is 11.8 Å². The van der Waals surface area contributed by atoms with Gasteiger partial charge in [0.1, 0.15) is 11.8 Å². The number of hydrogen-bond acceptors (Lipinski definition) is 5. The molecule has 1 unspecified atom stereocenters. The zero-order chi connectivity index (χ0) is 21.0. The number of para-hydroxylation sites is 1. The van der Waals surface area contributed by atoms with Gasteiger partial charge in [0, 0.05) is 35.4 Å². The highest BCUT2D eigenvalue weighted by Gasteiger charge is 2.35. The van der Waals surface area contributed by atoms with Crippen LogP contribution >= 0.6 is 11.6 Å². The number of allylic oxidation sites excluding steroid dienone is 2. The number of carbonyl (C=O) groups is 1. The zero-order valence-electron chi connectivity index (χ0n) is 16.0. The second-order valence-corrected chi connectivity index (χ2v) is 6.91. The van der Waals surface area contributed by atoms with E-state index < -0.39 is 11.6 Å². The molecule has 2 aromatic carbocycles. The molecule has 1 aliphatic carbocycles. The van der Waals surface area contributed by atoms with Gasteiger partial charge in [-0.2, -0.15) is 5.26 Å². The molecule has 148 valence electrons. The molecular weight excluding hydrogens is 390 g/mol. The Morgan fingerprint density at radius 2 is 2.03 bits per heavy atom. The number of methoxy groups -OCH3 is 2. The number of rotatable bonds is 5. The molecule has 1 atom stereocenters. The highest BCUT2D eigenvalue weighted by Crippen LogP contribution is 2.39. The Morgan fingerprint density at radius 3 is 2.72 bits per heavy atom. The summed E-state index contributed by atoms with van der Waals surface area (Å²) in [6.07, 6.45) is 3.69. The van der Waals surface area contributed by atoms with Crippen molar-refractivity contribution in [1.82, 2.24) is 5.32 Å². The van der Waals surface area contributed by atoms with Gasteiger partial charge in [0.25, 0.3) is 5.91 Å². The predicted octanol–water partition coefficient (Wildman–Crippen LogP) is 3.83. The molecule has 7 heteroatoms. The van der Waals surface area contributed by atoms with Crippen molar-refractivity contribution in [2.45, 2.75) is 12.1 Å². The van der Waals surface area contributed by atoms with Crippen LogP contribution in [0.25, 0.3) is 5.57 Å². The third-order valence-corrected chi connectivity index (χ3v) is 5.14. The summed E-state index contributed by atoms with van der Waals surface area (Å²) in [4.78, 5) is 12.9. The number of halogens is 1. The minimum atomic E-state index is -1.11. The minimum absolute atomic E-state index is 0.237. The van der Waals surface area contributed by atoms with Gasteiger partial charge >= 0.3 is 0 Å². The summed E-state index contributed by atoms with van der Waals surface area (Å²) in [6, 6.07) is 14.0. The molecule has 1 amide bonds. The van der Waals surface area contributed by atoms with Gasteiger partial charge in [0.15, 0.2) is 5.72 Å². The topological polar surface area (TPSA) is 97.4 Å². The van der Waals surface area contributed by atoms with Crippen LogP contribution in [-0.4, -0.2) is 25.9 Å². The first-order chi connectivity index (χ1) is 13.9. The van der Waals surface area contributed by atoms with Crippen molar-refractivity contribution < 1.29 is 14.3 Å². The van der Waals surface area contributed by atoms with E-state index in [0.717, 1.165) is 11.1 Å². The van der Waals surface area contributed by atoms with Crippen LogP contribution in [0, 0.1) is 11.3 Å². The molecule has 0 aromatic heterocycles. The molecule has 0 aliphatic heterocycles. The summed E-state index contributed by atoms with van der Waals surface area (Å²) in [5, 5.41) is 12.6. The van der Waals surface area contributed by atoms with E-state index in [0.29, 0.717) is 28.5 Å². The fourth-order valence-corrected chi connectivity index (χ4v) is 3.40. The van der Waals surface area contributed by atoms with Crippen LogP contribution in [-0.2, 0) is 4.74 Å². The van der Waals surface area contributed by atoms with Crippen molar-refractivity contribution in [2.75, 3.05) is 20.0 Å². The summed E-state index contributed by atoms with van der Waals surface area (Å²) in [7, 11) is 3.10. The lowest BCUT2D eigenvalue weighted by Gasteiger charge is -2.34. The third-order valence-electron chi connectivity index (χ3n) is 4.78. The number of nitriles is 1. The van der Waals surface area contributed by atoms with Crippen LogP contribution in [0.1, 0.15) is 27.9 Å². The van der Waals surface area contributed by atoms with Crippen LogP contribution in [0.2, 0.25) is 0 Å². The van der Waals surface area contributed by atoms with Gasteiger partial charge in [-0.1, -0.05) is 29.8 Å². The number of nitrogens with two attached hydrogens (primary N) is 1. The van der Waals surface area contributed by atoms with Gasteiger partial charge < -0.3 is 20.5 Å². The second kappa shape index (κ2) is 8.39. The average molecular weight is 410 g/mol. The molecule has 2 aromatic rings. The number of anilines is 1. The molecule has 0 bridgehead atoms. The molecule has 0 fully saturated rings. The van der Waals surface area contributed by atoms with E-state index in [1.54, 1.807) is 25.3 Å². The molecule has 1 aliphatic rings. The van der Waals surface area contributed by atoms with E-state index in [-0.39, 0.29) is 5.56 Å². The predicted molar refractivity (Wildman–Crippen MR) is 112 cm³/mol. The zero-order valence-corrected chi connectivity index (χ0v) is 16.8. The molecule has 0 radical (unpaired) electrons. The van der Waals surface area contributed by atoms with Crippen molar-refractivity contribution >= 4 is 28.8 Å². The highest BCUT2D eigenvalue weighted by molar-refractivity contribution is 6.34. The summed E-state index contributed by atoms with van der Waals surface area (Å²) >= 11 is 6.46. The monoisotopic (exact) mass is 409 g/mol. The number of carbonyl (C=O) groups excluding carboxylic acids is 1. The maximum Gasteiger partial charge on any atom is 0.253 e. The fourth-order valence-electron chi connectivity index (χ4n) is 3.17. The first-order valence-corrected chi connectivity index (χ1v) is 9.19. The van der Waals surface area contributed by atoms with Crippen molar-refractivity contribution in [1.29, 1.82) is 5.26 Å². The van der Waals surface area contributed by atoms with Gasteiger partial charge in [-0.05, 0) is 42.0 Å². The van der Waals surface area contributed by atoms with E-state index in [2.05, 4.69) is 5.32 Å². The quantitative estimate of drug-likeness (QED) is 0.577. The number of nitrogen functional groups attached to an aromatic ring is 1. The average Bonchev–Trinajstić information content (AvgIpc) is 2.75. The van der Waals surface area contributed by atoms with E-state index in [4.69, 9.17) is 32.1 Å². The number of hydrogen-bond donors (Lipinski definition) is 2. The molecule has 0 saturated heterocycles. The standard InChI is InChI=1S/C22H20ClN3O3/c1-28-20-6-4-3-5-16(20)17-12-22(29-2,10-9-18(17)23)26-21(27)14-7-8-19(25)15(11-14)13-24/h3-11H,12,25H2,1-2H3,(H,26,27). The minimum Gasteiger partial charge on any atom is -0.496 e. The van der Waals surface area contributed by atoms with E-state index >= 15 is 0 Å². The second-order valence-electron chi connectivity index (χ2n) is 6.50. The third kappa shape index (κ3) is 4.11. The normalized spacial score (nSPS) is 18.3. The van der Waals surface area contributed by atoms with E-state index in [9.17, 15) is 4.79 Å². The van der Waals surface area contributed by atoms with Crippen LogP contribution in [0.5, 0.6) is 5.75 Å². The van der Waals surface area contributed by atoms with Crippen LogP contribution in [0.3, 0.4) is 0 Å². The number of benzene rings is 2. The molecule has 0 spiro atoms. The lowest BCUT2D eigenvalue weighted by atomic mass is 9.90. The number of nitrogens with zero attached hydrogens (tertiary/aromatic N) is 1. The summed E-state index contributed by atoms with van der Waals surface area (Å²) < 4.78 is 11.1. The molecule has 29 heavy (non-hydrogen) atoms. The molecule has 6 nitrogen and oxygen atoms in total. The van der Waals surface area contributed by atoms with Gasteiger partial charge in [-0.3, -0.25) is 4.79 Å². The van der Waals surface area contributed by atoms with Gasteiger partial charge in [0.05, 0.1) is 12.7 Å². The summed E-state index contributed by atoms with van der Waals surface area (Å²) in [5.74, 6) is 0.273. The Hall–Kier alpha value is -3.27. The van der Waals surface area contributed by atoms with Crippen molar-refractivity contribution in [3.63, 3.8) is 0 Å². The molecular formula is C22H20ClN3O3. The number of amides is 1. The van der Waals surface area contributed by atoms with Gasteiger partial charge in [-0.25, -0.2) is 0 Å². The van der Waals surface area contributed by atoms with Crippen LogP contribution < -0.4 is 15.8 Å². The Balaban J connectivity index is 1.92. The Labute approximate surface area is 174 Å². The fraction of sp³-hybridized carbons (Fsp3) is 0.182. The number of ether oxygens (including phenoxy) is 2. The van der Waals surface area contributed by atoms with E-state index in [1.165, 1.54) is 19.2 Å². The lowest BCUT2D eigenvalue weighted by molar-refractivity contribution is 0.00799. The van der Waals surface area contributed by atoms with Gasteiger partial charge in [-0.15, -0.1) is 0 Å². The lowest BCUT2D eigenvalue weighted by Crippen LogP contribution is -2.49. The molecule has 0 heterocycles. The van der Waals surface area contributed by atoms with Crippen LogP contribution in [0.15, 0.2) is 59.6 Å². The highest BCUT2D eigenvalue weighted by atomic mass is 35.5. The Morgan fingerprint density at radius 1 is 1.28 bits per heavy atom. The summed E-state index contributed by atoms with van der Waals surface area (Å²) in [6.45, 7) is 0. The first kappa shape index (κ1) is 20.5. The van der Waals surface area contributed by atoms with Crippen molar-refractivity contribution in [2.24, 2.45) is 0 Å². The Bertz CT molecular complexity index is 1060. The maximum atomic E-state index is 12.9. The first-order valence-electron chi connectivity index (χ1n) is 8.81. The maximum absolute atomic E-state index is 12.9. The number of nitrogens with one attached hydrogen (secondary N) is 1. The summed E-state index contributed by atoms with van der Waals surface area (Å²) in [5.41, 5.74) is 7.09. The molecule has 3 rings (SSSR count). The van der Waals surface area contributed by atoms with Crippen molar-refractivity contribution in [3.05, 3.63) is 76.3 Å². The largest absolute Gasteiger partial charge is 0.496 e. The van der Waals surface area contributed by atoms with Gasteiger partial charge in [0.2, 0.25) is 0 Å². The van der Waals surface area contributed by atoms with Crippen LogP contribution in [0.4, 0.5) is 5.69 Å². The molecule has 0 saturated carbocycles.